The predicted octanol–water partition coefficient (Wildman–Crippen LogP) is 3.64. The van der Waals surface area contributed by atoms with Crippen LogP contribution in [-0.4, -0.2) is 124 Å². The molecule has 17 nitrogen and oxygen atoms in total. The van der Waals surface area contributed by atoms with Crippen LogP contribution in [0.3, 0.4) is 0 Å². The topological polar surface area (TPSA) is 240 Å². The van der Waals surface area contributed by atoms with Crippen LogP contribution in [0.4, 0.5) is 9.59 Å². The minimum absolute atomic E-state index is 0.0526. The normalized spacial score (nSPS) is 32.7. The van der Waals surface area contributed by atoms with Gasteiger partial charge in [0.15, 0.2) is 23.6 Å². The van der Waals surface area contributed by atoms with Crippen LogP contribution >= 0.6 is 0 Å². The number of carbonyl (C=O) groups is 6. The number of fused-ring (bicyclic) bond motifs is 5. The van der Waals surface area contributed by atoms with Crippen LogP contribution in [0.1, 0.15) is 92.4 Å². The largest absolute Gasteiger partial charge is 0.509 e. The van der Waals surface area contributed by atoms with Crippen molar-refractivity contribution in [3.63, 3.8) is 0 Å². The molecule has 17 heteroatoms. The van der Waals surface area contributed by atoms with Gasteiger partial charge in [0.2, 0.25) is 0 Å². The molecular formula is C43H57NO16. The summed E-state index contributed by atoms with van der Waals surface area (Å²) in [6.45, 7) is 14.9. The van der Waals surface area contributed by atoms with E-state index in [1.54, 1.807) is 52.8 Å². The molecule has 1 saturated heterocycles. The fraction of sp³-hybridized carbons (Fsp3) is 0.628. The smallest absolute Gasteiger partial charge is 0.456 e. The molecule has 5 rings (SSSR count). The number of ether oxygens (including phenoxy) is 7. The quantitative estimate of drug-likeness (QED) is 0.158. The molecule has 11 atom stereocenters. The third-order valence-electron chi connectivity index (χ3n) is 12.3. The number of carbonyl (C=O) groups excluding carboxylic acids is 6. The number of Topliss-reactive ketones (excluding diaryl/α,β-unsaturated/α-hetero) is 1. The average Bonchev–Trinajstić information content (AvgIpc) is 3.14. The number of aliphatic hydroxyl groups excluding tert-OH is 2. The molecule has 1 aromatic rings. The molecule has 0 spiro atoms. The van der Waals surface area contributed by atoms with Crippen LogP contribution in [0.2, 0.25) is 0 Å². The Kier molecular flexibility index (Phi) is 12.8. The van der Waals surface area contributed by atoms with Gasteiger partial charge in [0.1, 0.15) is 29.5 Å². The number of aliphatic hydroxyl groups is 3. The number of amides is 1. The highest BCUT2D eigenvalue weighted by molar-refractivity contribution is 5.95. The van der Waals surface area contributed by atoms with Crippen LogP contribution in [0.15, 0.2) is 53.1 Å². The van der Waals surface area contributed by atoms with E-state index in [-0.39, 0.29) is 29.7 Å². The van der Waals surface area contributed by atoms with E-state index in [9.17, 15) is 39.3 Å². The summed E-state index contributed by atoms with van der Waals surface area (Å²) in [6.07, 6.45) is -11.6. The lowest BCUT2D eigenvalue weighted by Crippen LogP contribution is -2.82. The van der Waals surface area contributed by atoms with Crippen molar-refractivity contribution in [3.05, 3.63) is 58.7 Å². The number of allylic oxidation sites excluding steroid dienone is 1. The van der Waals surface area contributed by atoms with Gasteiger partial charge in [-0.05, 0) is 71.7 Å². The molecule has 1 amide bonds. The van der Waals surface area contributed by atoms with Gasteiger partial charge < -0.3 is 53.8 Å². The zero-order valence-electron chi connectivity index (χ0n) is 35.9. The van der Waals surface area contributed by atoms with Gasteiger partial charge in [-0.1, -0.05) is 43.7 Å². The van der Waals surface area contributed by atoms with E-state index in [1.807, 2.05) is 0 Å². The Morgan fingerprint density at radius 2 is 1.63 bits per heavy atom. The van der Waals surface area contributed by atoms with Crippen LogP contribution in [0, 0.1) is 16.7 Å². The maximum absolute atomic E-state index is 15.5. The lowest BCUT2D eigenvalue weighted by molar-refractivity contribution is -0.346. The summed E-state index contributed by atoms with van der Waals surface area (Å²) >= 11 is 0. The number of nitrogens with one attached hydrogen (secondary N) is 1. The van der Waals surface area contributed by atoms with Gasteiger partial charge in [0.25, 0.3) is 0 Å². The number of rotatable bonds is 9. The third kappa shape index (κ3) is 8.16. The summed E-state index contributed by atoms with van der Waals surface area (Å²) in [4.78, 5) is 82.5. The Labute approximate surface area is 348 Å². The number of esters is 3. The van der Waals surface area contributed by atoms with E-state index in [0.29, 0.717) is 5.57 Å². The molecule has 0 unspecified atom stereocenters. The van der Waals surface area contributed by atoms with E-state index >= 15 is 4.79 Å². The highest BCUT2D eigenvalue weighted by atomic mass is 16.7. The summed E-state index contributed by atoms with van der Waals surface area (Å²) in [5.41, 5.74) is -8.26. The number of hydrogen-bond acceptors (Lipinski definition) is 16. The zero-order valence-corrected chi connectivity index (χ0v) is 35.9. The monoisotopic (exact) mass is 843 g/mol. The molecule has 3 fully saturated rings. The molecule has 1 aromatic carbocycles. The lowest BCUT2D eigenvalue weighted by Gasteiger charge is -2.67. The third-order valence-corrected chi connectivity index (χ3v) is 12.3. The molecule has 1 aliphatic heterocycles. The number of ketones is 1. The van der Waals surface area contributed by atoms with E-state index in [2.05, 4.69) is 5.32 Å². The summed E-state index contributed by atoms with van der Waals surface area (Å²) < 4.78 is 40.1. The molecule has 2 saturated carbocycles. The Hall–Kier alpha value is -4.84. The van der Waals surface area contributed by atoms with Gasteiger partial charge in [0, 0.05) is 25.2 Å². The minimum atomic E-state index is -2.43. The van der Waals surface area contributed by atoms with Crippen LogP contribution in [0.5, 0.6) is 0 Å². The van der Waals surface area contributed by atoms with Crippen molar-refractivity contribution in [3.8, 4) is 0 Å². The van der Waals surface area contributed by atoms with Crippen molar-refractivity contribution in [2.45, 2.75) is 142 Å². The molecule has 0 radical (unpaired) electrons. The molecule has 1 heterocycles. The Bertz CT molecular complexity index is 1950. The van der Waals surface area contributed by atoms with Gasteiger partial charge >= 0.3 is 30.2 Å². The standard InChI is InChI=1S/C43H57NO16/c1-21(2)17-25(44-37(51)60-39(5,6)7)30(47)36(50)56-26-19-43(53)34(58-35(49)24-15-13-12-14-16-24)32-41(10,27(46)18-28-42(32,20-55-28)59-23(4)45)33(48)31(57-38(52)54-11)29(22(26)3)40(43,8)9/h12-17,25-28,30-32,34,46-47,53H,18-20H2,1-11H3,(H,44,51)/t25-,26-,27-,28+,30+,31+,32-,34-,41+,42-,43+/m0/s1. The summed E-state index contributed by atoms with van der Waals surface area (Å²) in [7, 11) is 1.02. The van der Waals surface area contributed by atoms with Crippen LogP contribution in [0.25, 0.3) is 0 Å². The molecule has 2 bridgehead atoms. The first kappa shape index (κ1) is 46.2. The van der Waals surface area contributed by atoms with Crippen molar-refractivity contribution in [1.82, 2.24) is 5.32 Å². The number of methoxy groups -OCH3 is 1. The minimum Gasteiger partial charge on any atom is -0.456 e. The molecule has 4 N–H and O–H groups in total. The Morgan fingerprint density at radius 3 is 2.17 bits per heavy atom. The first-order chi connectivity index (χ1) is 27.7. The first-order valence-corrected chi connectivity index (χ1v) is 19.8. The van der Waals surface area contributed by atoms with E-state index in [1.165, 1.54) is 45.9 Å². The predicted molar refractivity (Wildman–Crippen MR) is 209 cm³/mol. The van der Waals surface area contributed by atoms with Gasteiger partial charge in [-0.15, -0.1) is 0 Å². The maximum atomic E-state index is 15.5. The van der Waals surface area contributed by atoms with Crippen molar-refractivity contribution in [2.75, 3.05) is 13.7 Å². The molecule has 330 valence electrons. The van der Waals surface area contributed by atoms with Crippen molar-refractivity contribution < 1.29 is 77.2 Å². The Balaban J connectivity index is 1.74. The van der Waals surface area contributed by atoms with Gasteiger partial charge in [-0.2, -0.15) is 0 Å². The van der Waals surface area contributed by atoms with E-state index < -0.39 is 119 Å². The molecule has 4 aliphatic rings. The van der Waals surface area contributed by atoms with Crippen LogP contribution in [-0.2, 0) is 47.5 Å². The molecule has 0 aromatic heterocycles. The zero-order chi connectivity index (χ0) is 44.9. The second-order valence-electron chi connectivity index (χ2n) is 18.0. The molecule has 60 heavy (non-hydrogen) atoms. The van der Waals surface area contributed by atoms with Gasteiger partial charge in [0.05, 0.1) is 42.8 Å². The van der Waals surface area contributed by atoms with E-state index in [4.69, 9.17) is 33.2 Å². The Morgan fingerprint density at radius 1 is 1.00 bits per heavy atom. The van der Waals surface area contributed by atoms with Gasteiger partial charge in [-0.25, -0.2) is 19.2 Å². The lowest BCUT2D eigenvalue weighted by atomic mass is 9.44. The fourth-order valence-corrected chi connectivity index (χ4v) is 9.37. The van der Waals surface area contributed by atoms with E-state index in [0.717, 1.165) is 14.0 Å². The van der Waals surface area contributed by atoms with Crippen molar-refractivity contribution >= 4 is 35.9 Å². The maximum Gasteiger partial charge on any atom is 0.509 e. The first-order valence-electron chi connectivity index (χ1n) is 19.8. The summed E-state index contributed by atoms with van der Waals surface area (Å²) in [5.74, 6) is -5.54. The second kappa shape index (κ2) is 16.6. The van der Waals surface area contributed by atoms with Crippen molar-refractivity contribution in [2.24, 2.45) is 16.7 Å². The highest BCUT2D eigenvalue weighted by Gasteiger charge is 2.78. The number of hydrogen-bond donors (Lipinski definition) is 4. The highest BCUT2D eigenvalue weighted by Crippen LogP contribution is 2.64. The SMILES string of the molecule is COC(=O)O[C@H]1C(=O)[C@@]2(C)[C@H]([C@H](OC(=O)c3ccccc3)[C@]3(O)C[C@H](OC(=O)[C@H](O)[C@H](C=C(C)C)NC(=O)OC(C)(C)C)C(C)=C1C3(C)C)[C@]1(OC(C)=O)CO[C@@H]1C[C@@H]2O. The molecular weight excluding hydrogens is 786 g/mol. The van der Waals surface area contributed by atoms with Crippen molar-refractivity contribution in [1.29, 1.82) is 0 Å². The molecule has 3 aliphatic carbocycles. The van der Waals surface area contributed by atoms with Crippen LogP contribution < -0.4 is 5.32 Å². The summed E-state index contributed by atoms with van der Waals surface area (Å²) in [6, 6.07) is 6.41. The fourth-order valence-electron chi connectivity index (χ4n) is 9.37. The van der Waals surface area contributed by atoms with Gasteiger partial charge in [-0.3, -0.25) is 9.59 Å². The summed E-state index contributed by atoms with van der Waals surface area (Å²) in [5, 5.41) is 39.5. The number of alkyl carbamates (subject to hydrolysis) is 1. The second-order valence-corrected chi connectivity index (χ2v) is 18.0. The number of benzene rings is 1. The average molecular weight is 844 g/mol.